The quantitative estimate of drug-likeness (QED) is 0.722. The minimum Gasteiger partial charge on any atom is -0.329 e. The molecular formula is C14H23ClN4O2S. The SMILES string of the molecule is CN(CCC#N)S(=O)(=O)N(CCN)CCc1ccccc1.Cl. The predicted molar refractivity (Wildman–Crippen MR) is 89.8 cm³/mol. The molecule has 0 bridgehead atoms. The van der Waals surface area contributed by atoms with Crippen molar-refractivity contribution in [2.45, 2.75) is 12.8 Å². The molecular weight excluding hydrogens is 324 g/mol. The van der Waals surface area contributed by atoms with Gasteiger partial charge in [-0.1, -0.05) is 30.3 Å². The molecule has 0 fully saturated rings. The van der Waals surface area contributed by atoms with Crippen molar-refractivity contribution in [3.05, 3.63) is 35.9 Å². The van der Waals surface area contributed by atoms with Crippen LogP contribution in [0.15, 0.2) is 30.3 Å². The second-order valence-electron chi connectivity index (χ2n) is 4.66. The minimum absolute atomic E-state index is 0. The van der Waals surface area contributed by atoms with Crippen molar-refractivity contribution >= 4 is 22.6 Å². The van der Waals surface area contributed by atoms with E-state index in [0.717, 1.165) is 5.56 Å². The molecule has 2 N–H and O–H groups in total. The lowest BCUT2D eigenvalue weighted by molar-refractivity contribution is 0.367. The Hall–Kier alpha value is -1.17. The van der Waals surface area contributed by atoms with E-state index in [1.165, 1.54) is 15.7 Å². The van der Waals surface area contributed by atoms with Gasteiger partial charge in [0.15, 0.2) is 0 Å². The average Bonchev–Trinajstić information content (AvgIpc) is 2.49. The van der Waals surface area contributed by atoms with E-state index in [1.54, 1.807) is 0 Å². The van der Waals surface area contributed by atoms with Gasteiger partial charge in [-0.15, -0.1) is 12.4 Å². The first-order chi connectivity index (χ1) is 10.0. The van der Waals surface area contributed by atoms with Crippen molar-refractivity contribution < 1.29 is 8.42 Å². The standard InChI is InChI=1S/C14H22N4O2S.ClH/c1-17(11-5-9-15)21(19,20)18(13-10-16)12-8-14-6-3-2-4-7-14;/h2-4,6-7H,5,8,10-13,16H2,1H3;1H. The van der Waals surface area contributed by atoms with Crippen LogP contribution in [0.4, 0.5) is 0 Å². The molecule has 124 valence electrons. The van der Waals surface area contributed by atoms with E-state index in [0.29, 0.717) is 13.0 Å². The molecule has 0 aliphatic heterocycles. The number of nitriles is 1. The van der Waals surface area contributed by atoms with Crippen LogP contribution in [0, 0.1) is 11.3 Å². The fourth-order valence-electron chi connectivity index (χ4n) is 1.90. The van der Waals surface area contributed by atoms with E-state index < -0.39 is 10.2 Å². The normalized spacial score (nSPS) is 11.2. The highest BCUT2D eigenvalue weighted by molar-refractivity contribution is 7.86. The fraction of sp³-hybridized carbons (Fsp3) is 0.500. The van der Waals surface area contributed by atoms with E-state index in [2.05, 4.69) is 0 Å². The number of benzene rings is 1. The van der Waals surface area contributed by atoms with Crippen LogP contribution < -0.4 is 5.73 Å². The molecule has 0 unspecified atom stereocenters. The van der Waals surface area contributed by atoms with Gasteiger partial charge in [-0.05, 0) is 12.0 Å². The fourth-order valence-corrected chi connectivity index (χ4v) is 3.28. The van der Waals surface area contributed by atoms with Crippen molar-refractivity contribution in [3.63, 3.8) is 0 Å². The van der Waals surface area contributed by atoms with Crippen LogP contribution in [-0.4, -0.2) is 50.3 Å². The van der Waals surface area contributed by atoms with Gasteiger partial charge in [0.1, 0.15) is 0 Å². The lowest BCUT2D eigenvalue weighted by atomic mass is 10.1. The zero-order valence-corrected chi connectivity index (χ0v) is 14.3. The summed E-state index contributed by atoms with van der Waals surface area (Å²) in [6.45, 7) is 1.10. The molecule has 0 saturated heterocycles. The molecule has 1 aromatic rings. The zero-order valence-electron chi connectivity index (χ0n) is 12.7. The first kappa shape index (κ1) is 20.8. The van der Waals surface area contributed by atoms with E-state index in [1.807, 2.05) is 36.4 Å². The molecule has 6 nitrogen and oxygen atoms in total. The molecule has 0 amide bonds. The Morgan fingerprint density at radius 1 is 1.18 bits per heavy atom. The second-order valence-corrected chi connectivity index (χ2v) is 6.70. The third-order valence-electron chi connectivity index (χ3n) is 3.13. The Balaban J connectivity index is 0.00000441. The second kappa shape index (κ2) is 10.5. The van der Waals surface area contributed by atoms with Gasteiger partial charge in [-0.3, -0.25) is 0 Å². The molecule has 0 aliphatic carbocycles. The van der Waals surface area contributed by atoms with Gasteiger partial charge in [0.25, 0.3) is 10.2 Å². The zero-order chi connectivity index (χ0) is 15.7. The third-order valence-corrected chi connectivity index (χ3v) is 5.12. The summed E-state index contributed by atoms with van der Waals surface area (Å²) < 4.78 is 27.4. The van der Waals surface area contributed by atoms with Gasteiger partial charge in [0.05, 0.1) is 6.07 Å². The summed E-state index contributed by atoms with van der Waals surface area (Å²) in [5, 5.41) is 8.57. The Labute approximate surface area is 139 Å². The Morgan fingerprint density at radius 2 is 1.82 bits per heavy atom. The van der Waals surface area contributed by atoms with Crippen molar-refractivity contribution in [1.82, 2.24) is 8.61 Å². The molecule has 0 atom stereocenters. The van der Waals surface area contributed by atoms with Crippen LogP contribution >= 0.6 is 12.4 Å². The summed E-state index contributed by atoms with van der Waals surface area (Å²) >= 11 is 0. The molecule has 0 aromatic heterocycles. The van der Waals surface area contributed by atoms with Crippen molar-refractivity contribution in [1.29, 1.82) is 5.26 Å². The molecule has 0 heterocycles. The monoisotopic (exact) mass is 346 g/mol. The maximum atomic E-state index is 12.4. The van der Waals surface area contributed by atoms with Crippen LogP contribution in [0.3, 0.4) is 0 Å². The van der Waals surface area contributed by atoms with E-state index in [-0.39, 0.29) is 38.5 Å². The van der Waals surface area contributed by atoms with Gasteiger partial charge in [-0.25, -0.2) is 0 Å². The Morgan fingerprint density at radius 3 is 2.36 bits per heavy atom. The van der Waals surface area contributed by atoms with Crippen LogP contribution in [0.1, 0.15) is 12.0 Å². The summed E-state index contributed by atoms with van der Waals surface area (Å²) in [7, 11) is -2.09. The van der Waals surface area contributed by atoms with E-state index >= 15 is 0 Å². The molecule has 22 heavy (non-hydrogen) atoms. The van der Waals surface area contributed by atoms with Crippen LogP contribution in [0.5, 0.6) is 0 Å². The Bertz CT molecular complexity index is 560. The number of hydrogen-bond donors (Lipinski definition) is 1. The summed E-state index contributed by atoms with van der Waals surface area (Å²) in [5.41, 5.74) is 6.60. The summed E-state index contributed by atoms with van der Waals surface area (Å²) in [5.74, 6) is 0. The lowest BCUT2D eigenvalue weighted by Crippen LogP contribution is -2.45. The smallest absolute Gasteiger partial charge is 0.281 e. The molecule has 0 aliphatic rings. The van der Waals surface area contributed by atoms with Gasteiger partial charge >= 0.3 is 0 Å². The minimum atomic E-state index is -3.57. The van der Waals surface area contributed by atoms with E-state index in [9.17, 15) is 8.42 Å². The molecule has 0 spiro atoms. The number of halogens is 1. The number of nitrogens with two attached hydrogens (primary N) is 1. The van der Waals surface area contributed by atoms with Crippen molar-refractivity contribution in [2.24, 2.45) is 5.73 Å². The maximum Gasteiger partial charge on any atom is 0.281 e. The summed E-state index contributed by atoms with van der Waals surface area (Å²) in [4.78, 5) is 0. The first-order valence-corrected chi connectivity index (χ1v) is 8.24. The number of nitrogens with zero attached hydrogens (tertiary/aromatic N) is 3. The number of hydrogen-bond acceptors (Lipinski definition) is 4. The summed E-state index contributed by atoms with van der Waals surface area (Å²) in [6.07, 6.45) is 0.803. The van der Waals surface area contributed by atoms with E-state index in [4.69, 9.17) is 11.0 Å². The summed E-state index contributed by atoms with van der Waals surface area (Å²) in [6, 6.07) is 11.7. The highest BCUT2D eigenvalue weighted by Crippen LogP contribution is 2.09. The molecule has 1 rings (SSSR count). The number of rotatable bonds is 9. The topological polar surface area (TPSA) is 90.4 Å². The van der Waals surface area contributed by atoms with Crippen molar-refractivity contribution in [3.8, 4) is 6.07 Å². The highest BCUT2D eigenvalue weighted by atomic mass is 35.5. The van der Waals surface area contributed by atoms with Gasteiger partial charge < -0.3 is 5.73 Å². The predicted octanol–water partition coefficient (Wildman–Crippen LogP) is 1.00. The van der Waals surface area contributed by atoms with Gasteiger partial charge in [0.2, 0.25) is 0 Å². The first-order valence-electron chi connectivity index (χ1n) is 6.84. The van der Waals surface area contributed by atoms with Crippen LogP contribution in [-0.2, 0) is 16.6 Å². The maximum absolute atomic E-state index is 12.4. The highest BCUT2D eigenvalue weighted by Gasteiger charge is 2.25. The third kappa shape index (κ3) is 6.30. The average molecular weight is 347 g/mol. The lowest BCUT2D eigenvalue weighted by Gasteiger charge is -2.26. The van der Waals surface area contributed by atoms with Gasteiger partial charge in [0, 0.05) is 39.6 Å². The molecule has 0 saturated carbocycles. The molecule has 1 aromatic carbocycles. The largest absolute Gasteiger partial charge is 0.329 e. The van der Waals surface area contributed by atoms with Crippen LogP contribution in [0.25, 0.3) is 0 Å². The molecule has 0 radical (unpaired) electrons. The van der Waals surface area contributed by atoms with Gasteiger partial charge in [-0.2, -0.15) is 22.3 Å². The van der Waals surface area contributed by atoms with Crippen molar-refractivity contribution in [2.75, 3.05) is 33.2 Å². The molecule has 8 heteroatoms. The van der Waals surface area contributed by atoms with Crippen LogP contribution in [0.2, 0.25) is 0 Å². The Kier molecular flexibility index (Phi) is 9.98.